The molecule has 0 spiro atoms. The summed E-state index contributed by atoms with van der Waals surface area (Å²) in [6.45, 7) is 2.20. The lowest BCUT2D eigenvalue weighted by Crippen LogP contribution is -2.29. The SMILES string of the molecule is CCCSCC(NN)c1ccc(-c2ccccc2)cc1. The second-order valence-corrected chi connectivity index (χ2v) is 5.93. The highest BCUT2D eigenvalue weighted by atomic mass is 32.2. The molecule has 0 aliphatic heterocycles. The highest BCUT2D eigenvalue weighted by Gasteiger charge is 2.09. The molecule has 0 saturated carbocycles. The number of benzene rings is 2. The van der Waals surface area contributed by atoms with Crippen molar-refractivity contribution in [2.75, 3.05) is 11.5 Å². The molecule has 0 aliphatic carbocycles. The van der Waals surface area contributed by atoms with Gasteiger partial charge in [0.2, 0.25) is 0 Å². The van der Waals surface area contributed by atoms with E-state index in [1.54, 1.807) is 0 Å². The Balaban J connectivity index is 2.06. The number of nitrogens with two attached hydrogens (primary N) is 1. The summed E-state index contributed by atoms with van der Waals surface area (Å²) in [6.07, 6.45) is 1.20. The average Bonchev–Trinajstić information content (AvgIpc) is 2.53. The van der Waals surface area contributed by atoms with Crippen molar-refractivity contribution in [2.24, 2.45) is 5.84 Å². The molecule has 0 heterocycles. The molecule has 3 N–H and O–H groups in total. The Kier molecular flexibility index (Phi) is 6.12. The molecule has 2 rings (SSSR count). The Morgan fingerprint density at radius 2 is 1.65 bits per heavy atom. The Morgan fingerprint density at radius 1 is 1.00 bits per heavy atom. The molecular formula is C17H22N2S. The quantitative estimate of drug-likeness (QED) is 0.459. The first-order valence-electron chi connectivity index (χ1n) is 7.04. The minimum Gasteiger partial charge on any atom is -0.271 e. The van der Waals surface area contributed by atoms with E-state index >= 15 is 0 Å². The van der Waals surface area contributed by atoms with Gasteiger partial charge in [-0.25, -0.2) is 0 Å². The van der Waals surface area contributed by atoms with Gasteiger partial charge in [-0.3, -0.25) is 11.3 Å². The third-order valence-electron chi connectivity index (χ3n) is 3.25. The van der Waals surface area contributed by atoms with Crippen molar-refractivity contribution in [1.29, 1.82) is 0 Å². The van der Waals surface area contributed by atoms with E-state index < -0.39 is 0 Å². The third-order valence-corrected chi connectivity index (χ3v) is 4.52. The van der Waals surface area contributed by atoms with Gasteiger partial charge in [-0.15, -0.1) is 0 Å². The first kappa shape index (κ1) is 15.1. The maximum atomic E-state index is 5.67. The predicted octanol–water partition coefficient (Wildman–Crippen LogP) is 4.00. The summed E-state index contributed by atoms with van der Waals surface area (Å²) >= 11 is 1.94. The number of hydrogen-bond donors (Lipinski definition) is 2. The van der Waals surface area contributed by atoms with Crippen LogP contribution < -0.4 is 11.3 Å². The Hall–Kier alpha value is -1.29. The molecule has 2 nitrogen and oxygen atoms in total. The molecule has 0 radical (unpaired) electrons. The fourth-order valence-electron chi connectivity index (χ4n) is 2.12. The second-order valence-electron chi connectivity index (χ2n) is 4.78. The van der Waals surface area contributed by atoms with Gasteiger partial charge >= 0.3 is 0 Å². The third kappa shape index (κ3) is 4.10. The summed E-state index contributed by atoms with van der Waals surface area (Å²) < 4.78 is 0. The molecule has 20 heavy (non-hydrogen) atoms. The molecule has 0 aromatic heterocycles. The van der Waals surface area contributed by atoms with Gasteiger partial charge in [0, 0.05) is 5.75 Å². The monoisotopic (exact) mass is 286 g/mol. The van der Waals surface area contributed by atoms with E-state index in [-0.39, 0.29) is 6.04 Å². The second kappa shape index (κ2) is 8.10. The van der Waals surface area contributed by atoms with Crippen molar-refractivity contribution in [2.45, 2.75) is 19.4 Å². The van der Waals surface area contributed by atoms with Crippen LogP contribution in [0.5, 0.6) is 0 Å². The van der Waals surface area contributed by atoms with E-state index in [2.05, 4.69) is 60.9 Å². The summed E-state index contributed by atoms with van der Waals surface area (Å²) in [5.41, 5.74) is 6.65. The first-order chi connectivity index (χ1) is 9.85. The maximum absolute atomic E-state index is 5.67. The maximum Gasteiger partial charge on any atom is 0.0550 e. The van der Waals surface area contributed by atoms with Gasteiger partial charge in [-0.05, 0) is 28.9 Å². The van der Waals surface area contributed by atoms with Crippen LogP contribution in [0.15, 0.2) is 54.6 Å². The molecule has 2 aromatic carbocycles. The molecule has 2 aromatic rings. The van der Waals surface area contributed by atoms with Gasteiger partial charge in [0.15, 0.2) is 0 Å². The van der Waals surface area contributed by atoms with E-state index in [0.717, 1.165) is 5.75 Å². The van der Waals surface area contributed by atoms with Crippen molar-refractivity contribution in [3.05, 3.63) is 60.2 Å². The standard InChI is InChI=1S/C17H22N2S/c1-2-12-20-13-17(19-18)16-10-8-15(9-11-16)14-6-4-3-5-7-14/h3-11,17,19H,2,12-13,18H2,1H3. The lowest BCUT2D eigenvalue weighted by atomic mass is 10.0. The highest BCUT2D eigenvalue weighted by molar-refractivity contribution is 7.99. The molecule has 106 valence electrons. The van der Waals surface area contributed by atoms with E-state index in [1.165, 1.54) is 28.9 Å². The van der Waals surface area contributed by atoms with E-state index in [0.29, 0.717) is 0 Å². The summed E-state index contributed by atoms with van der Waals surface area (Å²) in [6, 6.07) is 19.3. The van der Waals surface area contributed by atoms with Gasteiger partial charge in [0.25, 0.3) is 0 Å². The fourth-order valence-corrected chi connectivity index (χ4v) is 3.10. The van der Waals surface area contributed by atoms with Crippen LogP contribution in [-0.4, -0.2) is 11.5 Å². The van der Waals surface area contributed by atoms with Crippen molar-refractivity contribution in [1.82, 2.24) is 5.43 Å². The lowest BCUT2D eigenvalue weighted by molar-refractivity contribution is 0.611. The Bertz CT molecular complexity index is 496. The number of rotatable bonds is 7. The number of hydrazine groups is 1. The average molecular weight is 286 g/mol. The van der Waals surface area contributed by atoms with E-state index in [1.807, 2.05) is 17.8 Å². The van der Waals surface area contributed by atoms with Crippen LogP contribution in [-0.2, 0) is 0 Å². The van der Waals surface area contributed by atoms with Gasteiger partial charge < -0.3 is 0 Å². The van der Waals surface area contributed by atoms with Crippen molar-refractivity contribution < 1.29 is 0 Å². The zero-order valence-electron chi connectivity index (χ0n) is 11.9. The van der Waals surface area contributed by atoms with Crippen molar-refractivity contribution in [3.63, 3.8) is 0 Å². The summed E-state index contributed by atoms with van der Waals surface area (Å²) in [5, 5.41) is 0. The summed E-state index contributed by atoms with van der Waals surface area (Å²) in [4.78, 5) is 0. The van der Waals surface area contributed by atoms with Crippen LogP contribution in [0.1, 0.15) is 24.9 Å². The molecule has 0 aliphatic rings. The molecule has 0 saturated heterocycles. The van der Waals surface area contributed by atoms with Crippen LogP contribution >= 0.6 is 11.8 Å². The smallest absolute Gasteiger partial charge is 0.0550 e. The molecule has 0 amide bonds. The van der Waals surface area contributed by atoms with Gasteiger partial charge in [0.1, 0.15) is 0 Å². The molecule has 3 heteroatoms. The number of hydrogen-bond acceptors (Lipinski definition) is 3. The zero-order chi connectivity index (χ0) is 14.2. The zero-order valence-corrected chi connectivity index (χ0v) is 12.7. The molecule has 1 unspecified atom stereocenters. The molecule has 1 atom stereocenters. The normalized spacial score (nSPS) is 12.3. The van der Waals surface area contributed by atoms with E-state index in [4.69, 9.17) is 5.84 Å². The fraction of sp³-hybridized carbons (Fsp3) is 0.294. The lowest BCUT2D eigenvalue weighted by Gasteiger charge is -2.16. The van der Waals surface area contributed by atoms with E-state index in [9.17, 15) is 0 Å². The van der Waals surface area contributed by atoms with Crippen LogP contribution in [0.25, 0.3) is 11.1 Å². The minimum absolute atomic E-state index is 0.219. The first-order valence-corrected chi connectivity index (χ1v) is 8.20. The van der Waals surface area contributed by atoms with Crippen LogP contribution in [0.3, 0.4) is 0 Å². The minimum atomic E-state index is 0.219. The summed E-state index contributed by atoms with van der Waals surface area (Å²) in [5.74, 6) is 7.86. The Morgan fingerprint density at radius 3 is 2.25 bits per heavy atom. The van der Waals surface area contributed by atoms with Crippen molar-refractivity contribution >= 4 is 11.8 Å². The Labute approximate surface area is 125 Å². The van der Waals surface area contributed by atoms with Crippen LogP contribution in [0.4, 0.5) is 0 Å². The number of thioether (sulfide) groups is 1. The van der Waals surface area contributed by atoms with Crippen molar-refractivity contribution in [3.8, 4) is 11.1 Å². The van der Waals surface area contributed by atoms with Gasteiger partial charge in [-0.1, -0.05) is 61.5 Å². The predicted molar refractivity (Wildman–Crippen MR) is 89.6 cm³/mol. The molecule has 0 bridgehead atoms. The highest BCUT2D eigenvalue weighted by Crippen LogP contribution is 2.23. The largest absolute Gasteiger partial charge is 0.271 e. The molecular weight excluding hydrogens is 264 g/mol. The van der Waals surface area contributed by atoms with Gasteiger partial charge in [0.05, 0.1) is 6.04 Å². The summed E-state index contributed by atoms with van der Waals surface area (Å²) in [7, 11) is 0. The topological polar surface area (TPSA) is 38.0 Å². The molecule has 0 fully saturated rings. The number of nitrogens with one attached hydrogen (secondary N) is 1. The van der Waals surface area contributed by atoms with Gasteiger partial charge in [-0.2, -0.15) is 11.8 Å². The van der Waals surface area contributed by atoms with Crippen LogP contribution in [0.2, 0.25) is 0 Å². The van der Waals surface area contributed by atoms with Crippen LogP contribution in [0, 0.1) is 0 Å².